The number of benzene rings is 2. The smallest absolute Gasteiger partial charge is 0.341 e. The van der Waals surface area contributed by atoms with E-state index in [9.17, 15) is 19.7 Å². The number of hydrogen-bond acceptors (Lipinski definition) is 6. The van der Waals surface area contributed by atoms with Crippen molar-refractivity contribution in [1.82, 2.24) is 0 Å². The Kier molecular flexibility index (Phi) is 7.28. The second-order valence-corrected chi connectivity index (χ2v) is 6.17. The van der Waals surface area contributed by atoms with Crippen molar-refractivity contribution in [3.05, 3.63) is 74.3 Å². The molecule has 28 heavy (non-hydrogen) atoms. The molecule has 0 bridgehead atoms. The monoisotopic (exact) mass is 403 g/mol. The van der Waals surface area contributed by atoms with E-state index in [1.165, 1.54) is 31.2 Å². The maximum atomic E-state index is 12.0. The van der Waals surface area contributed by atoms with Crippen molar-refractivity contribution < 1.29 is 24.0 Å². The summed E-state index contributed by atoms with van der Waals surface area (Å²) in [5.41, 5.74) is 0.631. The Hall–Kier alpha value is -3.19. The standard InChI is InChI=1S/C20H18ClNO6/c1-3-27-20(24)18(13(2)23)11-15-10-17(22(25)26)8-9-19(15)28-12-14-4-6-16(21)7-5-14/h4-11H,3,12H2,1-2H3. The van der Waals surface area contributed by atoms with Crippen LogP contribution < -0.4 is 4.74 Å². The molecule has 0 aliphatic rings. The topological polar surface area (TPSA) is 95.7 Å². The van der Waals surface area contributed by atoms with Gasteiger partial charge in [-0.25, -0.2) is 4.79 Å². The van der Waals surface area contributed by atoms with Gasteiger partial charge in [0.05, 0.1) is 11.5 Å². The van der Waals surface area contributed by atoms with Crippen LogP contribution in [0.25, 0.3) is 6.08 Å². The number of ketones is 1. The van der Waals surface area contributed by atoms with Gasteiger partial charge in [0, 0.05) is 22.7 Å². The molecule has 0 saturated heterocycles. The van der Waals surface area contributed by atoms with Crippen LogP contribution in [0.5, 0.6) is 5.75 Å². The number of esters is 1. The van der Waals surface area contributed by atoms with Crippen LogP contribution in [0, 0.1) is 10.1 Å². The molecule has 7 nitrogen and oxygen atoms in total. The molecule has 2 aromatic carbocycles. The second kappa shape index (κ2) is 9.66. The molecule has 0 saturated carbocycles. The predicted molar refractivity (Wildman–Crippen MR) is 104 cm³/mol. The lowest BCUT2D eigenvalue weighted by molar-refractivity contribution is -0.384. The number of Topliss-reactive ketones (excluding diaryl/α,β-unsaturated/α-hetero) is 1. The van der Waals surface area contributed by atoms with Crippen LogP contribution in [0.1, 0.15) is 25.0 Å². The van der Waals surface area contributed by atoms with E-state index < -0.39 is 16.7 Å². The second-order valence-electron chi connectivity index (χ2n) is 5.73. The fraction of sp³-hybridized carbons (Fsp3) is 0.200. The molecule has 0 unspecified atom stereocenters. The first-order valence-electron chi connectivity index (χ1n) is 8.37. The first kappa shape index (κ1) is 21.1. The van der Waals surface area contributed by atoms with Crippen molar-refractivity contribution in [3.8, 4) is 5.75 Å². The predicted octanol–water partition coefficient (Wildman–Crippen LogP) is 4.36. The van der Waals surface area contributed by atoms with Crippen molar-refractivity contribution >= 4 is 35.1 Å². The fourth-order valence-electron chi connectivity index (χ4n) is 2.30. The van der Waals surface area contributed by atoms with E-state index in [0.29, 0.717) is 5.02 Å². The summed E-state index contributed by atoms with van der Waals surface area (Å²) in [6.07, 6.45) is 1.24. The van der Waals surface area contributed by atoms with Gasteiger partial charge in [-0.15, -0.1) is 0 Å². The number of rotatable bonds is 8. The van der Waals surface area contributed by atoms with Gasteiger partial charge in [-0.05, 0) is 43.7 Å². The normalized spacial score (nSPS) is 11.0. The summed E-state index contributed by atoms with van der Waals surface area (Å²) in [6, 6.07) is 10.9. The Morgan fingerprint density at radius 3 is 2.43 bits per heavy atom. The lowest BCUT2D eigenvalue weighted by Crippen LogP contribution is -2.13. The molecule has 0 heterocycles. The van der Waals surface area contributed by atoms with E-state index in [1.807, 2.05) is 0 Å². The van der Waals surface area contributed by atoms with Gasteiger partial charge in [-0.2, -0.15) is 0 Å². The Labute approximate surface area is 166 Å². The molecule has 0 aromatic heterocycles. The Morgan fingerprint density at radius 2 is 1.86 bits per heavy atom. The molecule has 2 rings (SSSR count). The number of carbonyl (C=O) groups excluding carboxylic acids is 2. The molecule has 0 atom stereocenters. The van der Waals surface area contributed by atoms with Gasteiger partial charge >= 0.3 is 5.97 Å². The van der Waals surface area contributed by atoms with Crippen molar-refractivity contribution in [1.29, 1.82) is 0 Å². The van der Waals surface area contributed by atoms with Gasteiger partial charge in [0.25, 0.3) is 5.69 Å². The zero-order valence-corrected chi connectivity index (χ0v) is 16.1. The van der Waals surface area contributed by atoms with E-state index in [0.717, 1.165) is 5.56 Å². The highest BCUT2D eigenvalue weighted by atomic mass is 35.5. The molecule has 0 N–H and O–H groups in total. The average molecular weight is 404 g/mol. The summed E-state index contributed by atoms with van der Waals surface area (Å²) >= 11 is 5.86. The van der Waals surface area contributed by atoms with Crippen LogP contribution in [0.4, 0.5) is 5.69 Å². The van der Waals surface area contributed by atoms with Crippen molar-refractivity contribution in [2.24, 2.45) is 0 Å². The molecule has 2 aromatic rings. The number of halogens is 1. The molecule has 146 valence electrons. The number of ether oxygens (including phenoxy) is 2. The van der Waals surface area contributed by atoms with Crippen molar-refractivity contribution in [3.63, 3.8) is 0 Å². The van der Waals surface area contributed by atoms with E-state index in [1.54, 1.807) is 31.2 Å². The Morgan fingerprint density at radius 1 is 1.18 bits per heavy atom. The van der Waals surface area contributed by atoms with Gasteiger partial charge in [0.2, 0.25) is 0 Å². The summed E-state index contributed by atoms with van der Waals surface area (Å²) in [5, 5.41) is 11.7. The molecular weight excluding hydrogens is 386 g/mol. The molecule has 0 spiro atoms. The van der Waals surface area contributed by atoms with Gasteiger partial charge in [0.1, 0.15) is 17.9 Å². The third kappa shape index (κ3) is 5.65. The number of nitro benzene ring substituents is 1. The van der Waals surface area contributed by atoms with Gasteiger partial charge in [0.15, 0.2) is 5.78 Å². The molecule has 0 aliphatic carbocycles. The van der Waals surface area contributed by atoms with E-state index >= 15 is 0 Å². The number of carbonyl (C=O) groups is 2. The Bertz CT molecular complexity index is 921. The van der Waals surface area contributed by atoms with Gasteiger partial charge in [-0.3, -0.25) is 14.9 Å². The maximum Gasteiger partial charge on any atom is 0.341 e. The van der Waals surface area contributed by atoms with Crippen LogP contribution in [-0.4, -0.2) is 23.3 Å². The minimum atomic E-state index is -0.801. The number of nitro groups is 1. The summed E-state index contributed by atoms with van der Waals surface area (Å²) in [7, 11) is 0. The van der Waals surface area contributed by atoms with Crippen molar-refractivity contribution in [2.45, 2.75) is 20.5 Å². The molecule has 0 radical (unpaired) electrons. The summed E-state index contributed by atoms with van der Waals surface area (Å²) < 4.78 is 10.6. The highest BCUT2D eigenvalue weighted by Gasteiger charge is 2.18. The van der Waals surface area contributed by atoms with Crippen LogP contribution in [-0.2, 0) is 20.9 Å². The minimum Gasteiger partial charge on any atom is -0.488 e. The third-order valence-electron chi connectivity index (χ3n) is 3.69. The maximum absolute atomic E-state index is 12.0. The highest BCUT2D eigenvalue weighted by Crippen LogP contribution is 2.28. The largest absolute Gasteiger partial charge is 0.488 e. The molecule has 0 aliphatic heterocycles. The van der Waals surface area contributed by atoms with E-state index in [-0.39, 0.29) is 35.8 Å². The fourth-order valence-corrected chi connectivity index (χ4v) is 2.43. The van der Waals surface area contributed by atoms with Gasteiger partial charge < -0.3 is 9.47 Å². The molecular formula is C20H18ClNO6. The SMILES string of the molecule is CCOC(=O)C(=Cc1cc([N+](=O)[O-])ccc1OCc1ccc(Cl)cc1)C(C)=O. The number of nitrogens with zero attached hydrogens (tertiary/aromatic N) is 1. The van der Waals surface area contributed by atoms with Crippen LogP contribution in [0.15, 0.2) is 48.0 Å². The number of hydrogen-bond donors (Lipinski definition) is 0. The summed E-state index contributed by atoms with van der Waals surface area (Å²) in [4.78, 5) is 34.4. The Balaban J connectivity index is 2.40. The first-order chi connectivity index (χ1) is 13.3. The van der Waals surface area contributed by atoms with Crippen molar-refractivity contribution in [2.75, 3.05) is 6.61 Å². The van der Waals surface area contributed by atoms with E-state index in [4.69, 9.17) is 21.1 Å². The van der Waals surface area contributed by atoms with Crippen LogP contribution >= 0.6 is 11.6 Å². The highest BCUT2D eigenvalue weighted by molar-refractivity contribution is 6.30. The van der Waals surface area contributed by atoms with E-state index in [2.05, 4.69) is 0 Å². The zero-order chi connectivity index (χ0) is 20.7. The van der Waals surface area contributed by atoms with Crippen LogP contribution in [0.3, 0.4) is 0 Å². The average Bonchev–Trinajstić information content (AvgIpc) is 2.65. The molecule has 0 fully saturated rings. The third-order valence-corrected chi connectivity index (χ3v) is 3.94. The summed E-state index contributed by atoms with van der Waals surface area (Å²) in [6.45, 7) is 3.10. The summed E-state index contributed by atoms with van der Waals surface area (Å²) in [5.74, 6) is -1.04. The first-order valence-corrected chi connectivity index (χ1v) is 8.75. The van der Waals surface area contributed by atoms with Crippen LogP contribution in [0.2, 0.25) is 5.02 Å². The quantitative estimate of drug-likeness (QED) is 0.162. The molecule has 0 amide bonds. The molecule has 8 heteroatoms. The van der Waals surface area contributed by atoms with Gasteiger partial charge in [-0.1, -0.05) is 23.7 Å². The lowest BCUT2D eigenvalue weighted by atomic mass is 10.1. The lowest BCUT2D eigenvalue weighted by Gasteiger charge is -2.11. The minimum absolute atomic E-state index is 0.0956. The zero-order valence-electron chi connectivity index (χ0n) is 15.3. The number of non-ortho nitro benzene ring substituents is 1.